The summed E-state index contributed by atoms with van der Waals surface area (Å²) in [5.41, 5.74) is 0. The van der Waals surface area contributed by atoms with Crippen LogP contribution in [0.5, 0.6) is 0 Å². The van der Waals surface area contributed by atoms with Crippen molar-refractivity contribution in [2.24, 2.45) is 0 Å². The summed E-state index contributed by atoms with van der Waals surface area (Å²) in [5.74, 6) is 0. The van der Waals surface area contributed by atoms with E-state index in [1.54, 1.807) is 0 Å². The Morgan fingerprint density at radius 3 is 1.78 bits per heavy atom. The average Bonchev–Trinajstić information content (AvgIpc) is 1.89. The summed E-state index contributed by atoms with van der Waals surface area (Å²) in [4.78, 5) is 0. The van der Waals surface area contributed by atoms with Crippen molar-refractivity contribution in [3.63, 3.8) is 0 Å². The maximum Gasteiger partial charge on any atom is -0.0256 e. The van der Waals surface area contributed by atoms with Crippen LogP contribution in [0.1, 0.15) is 39.5 Å². The normalized spacial score (nSPS) is 8.67. The van der Waals surface area contributed by atoms with Crippen molar-refractivity contribution in [2.75, 3.05) is 0 Å². The molecule has 0 aromatic heterocycles. The van der Waals surface area contributed by atoms with Gasteiger partial charge in [0, 0.05) is 0 Å². The summed E-state index contributed by atoms with van der Waals surface area (Å²) >= 11 is 0. The van der Waals surface area contributed by atoms with Crippen molar-refractivity contribution in [1.29, 1.82) is 0 Å². The lowest BCUT2D eigenvalue weighted by atomic mass is 10.4. The van der Waals surface area contributed by atoms with Gasteiger partial charge in [0.2, 0.25) is 0 Å². The molecule has 54 valence electrons. The monoisotopic (exact) mass is 144 g/mol. The molecule has 0 aromatic carbocycles. The van der Waals surface area contributed by atoms with Crippen LogP contribution in [0.15, 0.2) is 0 Å². The summed E-state index contributed by atoms with van der Waals surface area (Å²) in [7, 11) is 1.85. The molecule has 0 saturated carbocycles. The highest BCUT2D eigenvalue weighted by Crippen LogP contribution is 1.84. The molecule has 0 aliphatic heterocycles. The van der Waals surface area contributed by atoms with E-state index in [1.807, 2.05) is 10.9 Å². The van der Waals surface area contributed by atoms with Gasteiger partial charge >= 0.3 is 0 Å². The third-order valence-electron chi connectivity index (χ3n) is 1.01. The molecule has 0 bridgehead atoms. The minimum absolute atomic E-state index is 1.24. The van der Waals surface area contributed by atoms with Crippen LogP contribution in [-0.4, -0.2) is 10.7 Å². The Morgan fingerprint density at radius 2 is 1.44 bits per heavy atom. The fourth-order valence-electron chi connectivity index (χ4n) is 0.440. The lowest BCUT2D eigenvalue weighted by molar-refractivity contribution is 1.02. The fraction of sp³-hybridized carbons (Fsp3) is 0.750. The van der Waals surface area contributed by atoms with Crippen molar-refractivity contribution in [2.45, 2.75) is 39.5 Å². The van der Waals surface area contributed by atoms with Crippen molar-refractivity contribution in [3.8, 4) is 0 Å². The first-order valence-corrected chi connectivity index (χ1v) is 4.64. The molecule has 0 unspecified atom stereocenters. The number of hydrogen-bond acceptors (Lipinski definition) is 0. The molecule has 0 fully saturated rings. The van der Waals surface area contributed by atoms with Crippen LogP contribution in [0.25, 0.3) is 0 Å². The van der Waals surface area contributed by atoms with Gasteiger partial charge in [-0.15, -0.1) is 0 Å². The minimum atomic E-state index is 1.24. The molecule has 0 heterocycles. The molecule has 0 nitrogen and oxygen atoms in total. The number of rotatable bonds is 4. The van der Waals surface area contributed by atoms with Crippen molar-refractivity contribution >= 4 is 21.7 Å². The van der Waals surface area contributed by atoms with Crippen LogP contribution in [0.3, 0.4) is 0 Å². The van der Waals surface area contributed by atoms with E-state index >= 15 is 0 Å². The van der Waals surface area contributed by atoms with E-state index in [4.69, 9.17) is 0 Å². The highest BCUT2D eigenvalue weighted by atomic mass is 32.1. The van der Waals surface area contributed by atoms with E-state index in [0.29, 0.717) is 0 Å². The van der Waals surface area contributed by atoms with E-state index in [1.165, 1.54) is 25.7 Å². The predicted octanol–water partition coefficient (Wildman–Crippen LogP) is 2.92. The predicted molar refractivity (Wildman–Crippen MR) is 49.5 cm³/mol. The Hall–Kier alpha value is -0.0400. The van der Waals surface area contributed by atoms with Gasteiger partial charge in [0.15, 0.2) is 0 Å². The van der Waals surface area contributed by atoms with E-state index in [0.717, 1.165) is 0 Å². The molecule has 0 N–H and O–H groups in total. The van der Waals surface area contributed by atoms with Gasteiger partial charge in [-0.05, 0) is 23.6 Å². The molecular weight excluding hydrogens is 128 g/mol. The van der Waals surface area contributed by atoms with Gasteiger partial charge in [0.1, 0.15) is 0 Å². The zero-order valence-electron chi connectivity index (χ0n) is 6.39. The Bertz CT molecular complexity index is 89.1. The zero-order valence-corrected chi connectivity index (χ0v) is 7.21. The van der Waals surface area contributed by atoms with Crippen molar-refractivity contribution in [3.05, 3.63) is 0 Å². The molecule has 9 heavy (non-hydrogen) atoms. The standard InChI is InChI=1S/C8H16S/c1-3-5-7-9-8-6-4-2/h7-8H,3-6H2,1-2H3. The summed E-state index contributed by atoms with van der Waals surface area (Å²) in [6.45, 7) is 4.41. The second-order valence-corrected chi connectivity index (χ2v) is 2.99. The topological polar surface area (TPSA) is 0 Å². The maximum absolute atomic E-state index is 2.27. The summed E-state index contributed by atoms with van der Waals surface area (Å²) < 4.78 is 0. The molecule has 0 spiro atoms. The van der Waals surface area contributed by atoms with Gasteiger partial charge in [0.05, 0.1) is 0 Å². The highest BCUT2D eigenvalue weighted by molar-refractivity contribution is 7.95. The van der Waals surface area contributed by atoms with Gasteiger partial charge in [0.25, 0.3) is 0 Å². The summed E-state index contributed by atoms with van der Waals surface area (Å²) in [5, 5.41) is 4.55. The highest BCUT2D eigenvalue weighted by Gasteiger charge is 1.69. The fourth-order valence-corrected chi connectivity index (χ4v) is 1.32. The first kappa shape index (κ1) is 8.96. The van der Waals surface area contributed by atoms with Gasteiger partial charge < -0.3 is 0 Å². The van der Waals surface area contributed by atoms with Crippen molar-refractivity contribution < 1.29 is 0 Å². The van der Waals surface area contributed by atoms with E-state index in [9.17, 15) is 0 Å². The molecule has 0 rings (SSSR count). The Kier molecular flexibility index (Phi) is 7.92. The second kappa shape index (κ2) is 7.96. The molecule has 1 heteroatoms. The molecule has 0 atom stereocenters. The molecule has 0 aromatic rings. The first-order chi connectivity index (χ1) is 4.41. The lowest BCUT2D eigenvalue weighted by Gasteiger charge is -1.78. The van der Waals surface area contributed by atoms with Crippen molar-refractivity contribution in [1.82, 2.24) is 0 Å². The summed E-state index contributed by atoms with van der Waals surface area (Å²) in [6.07, 6.45) is 5.02. The molecular formula is C8H16S. The van der Waals surface area contributed by atoms with E-state index in [-0.39, 0.29) is 0 Å². The van der Waals surface area contributed by atoms with Crippen LogP contribution in [-0.2, 0) is 0 Å². The van der Waals surface area contributed by atoms with Gasteiger partial charge in [-0.2, -0.15) is 10.9 Å². The molecule has 0 aliphatic rings. The largest absolute Gasteiger partial charge is 0.161 e. The molecule has 0 saturated heterocycles. The van der Waals surface area contributed by atoms with Crippen LogP contribution < -0.4 is 0 Å². The first-order valence-electron chi connectivity index (χ1n) is 3.70. The SMILES string of the molecule is CCCC=S=CCCC. The Balaban J connectivity index is 3.18. The average molecular weight is 144 g/mol. The smallest absolute Gasteiger partial charge is 0.0256 e. The third kappa shape index (κ3) is 7.96. The quantitative estimate of drug-likeness (QED) is 0.532. The van der Waals surface area contributed by atoms with Gasteiger partial charge in [-0.1, -0.05) is 26.7 Å². The van der Waals surface area contributed by atoms with Crippen LogP contribution >= 0.6 is 10.9 Å². The number of hydrogen-bond donors (Lipinski definition) is 0. The third-order valence-corrected chi connectivity index (χ3v) is 1.86. The van der Waals surface area contributed by atoms with Crippen LogP contribution in [0.4, 0.5) is 0 Å². The Morgan fingerprint density at radius 1 is 1.00 bits per heavy atom. The van der Waals surface area contributed by atoms with Gasteiger partial charge in [-0.3, -0.25) is 0 Å². The summed E-state index contributed by atoms with van der Waals surface area (Å²) in [6, 6.07) is 0. The Labute approximate surface area is 61.8 Å². The molecule has 0 amide bonds. The second-order valence-electron chi connectivity index (χ2n) is 2.05. The van der Waals surface area contributed by atoms with Crippen LogP contribution in [0.2, 0.25) is 0 Å². The minimum Gasteiger partial charge on any atom is -0.161 e. The van der Waals surface area contributed by atoms with E-state index in [2.05, 4.69) is 24.6 Å². The maximum atomic E-state index is 2.27. The zero-order chi connectivity index (χ0) is 6.95. The van der Waals surface area contributed by atoms with Gasteiger partial charge in [-0.25, -0.2) is 0 Å². The number of unbranched alkanes of at least 4 members (excludes halogenated alkanes) is 2. The van der Waals surface area contributed by atoms with Crippen LogP contribution in [0, 0.1) is 0 Å². The molecule has 0 radical (unpaired) electrons. The van der Waals surface area contributed by atoms with E-state index < -0.39 is 0 Å². The lowest BCUT2D eigenvalue weighted by Crippen LogP contribution is -1.68. The molecule has 0 aliphatic carbocycles.